The summed E-state index contributed by atoms with van der Waals surface area (Å²) in [5.41, 5.74) is 7.77. The van der Waals surface area contributed by atoms with E-state index >= 15 is 0 Å². The fourth-order valence-electron chi connectivity index (χ4n) is 1.48. The van der Waals surface area contributed by atoms with Gasteiger partial charge in [-0.25, -0.2) is 0 Å². The van der Waals surface area contributed by atoms with Crippen LogP contribution in [0.1, 0.15) is 18.1 Å². The zero-order valence-electron chi connectivity index (χ0n) is 10.2. The summed E-state index contributed by atoms with van der Waals surface area (Å²) in [4.78, 5) is 0. The number of nitrogens with one attached hydrogen (secondary N) is 1. The Labute approximate surface area is 101 Å². The minimum Gasteiger partial charge on any atom is -0.409 e. The molecular weight excluding hydrogens is 218 g/mol. The van der Waals surface area contributed by atoms with Gasteiger partial charge in [-0.3, -0.25) is 0 Å². The molecule has 0 saturated heterocycles. The molecule has 0 aliphatic carbocycles. The molecule has 94 valence electrons. The van der Waals surface area contributed by atoms with Crippen LogP contribution in [-0.4, -0.2) is 24.2 Å². The van der Waals surface area contributed by atoms with Crippen molar-refractivity contribution in [3.63, 3.8) is 0 Å². The highest BCUT2D eigenvalue weighted by atomic mass is 16.5. The number of rotatable bonds is 6. The average molecular weight is 237 g/mol. The van der Waals surface area contributed by atoms with Gasteiger partial charge in [-0.05, 0) is 18.1 Å². The van der Waals surface area contributed by atoms with E-state index in [4.69, 9.17) is 15.7 Å². The molecule has 5 heteroatoms. The van der Waals surface area contributed by atoms with Crippen LogP contribution in [0.25, 0.3) is 0 Å². The molecule has 0 aliphatic rings. The van der Waals surface area contributed by atoms with Crippen molar-refractivity contribution in [2.24, 2.45) is 10.9 Å². The third-order valence-corrected chi connectivity index (χ3v) is 2.58. The molecule has 1 aromatic carbocycles. The molecule has 1 atom stereocenters. The van der Waals surface area contributed by atoms with Crippen LogP contribution >= 0.6 is 0 Å². The lowest BCUT2D eigenvalue weighted by Gasteiger charge is -2.14. The van der Waals surface area contributed by atoms with Gasteiger partial charge in [0.05, 0.1) is 12.6 Å². The first-order valence-electron chi connectivity index (χ1n) is 5.45. The number of hydrogen-bond acceptors (Lipinski definition) is 4. The van der Waals surface area contributed by atoms with Crippen molar-refractivity contribution in [1.29, 1.82) is 0 Å². The number of methoxy groups -OCH3 is 1. The Balaban J connectivity index is 2.62. The highest BCUT2D eigenvalue weighted by Gasteiger charge is 2.08. The number of benzene rings is 1. The molecule has 0 amide bonds. The molecule has 0 radical (unpaired) electrons. The number of oxime groups is 1. The first kappa shape index (κ1) is 13.5. The molecule has 0 aromatic heterocycles. The lowest BCUT2D eigenvalue weighted by Crippen LogP contribution is -2.38. The highest BCUT2D eigenvalue weighted by molar-refractivity contribution is 5.84. The van der Waals surface area contributed by atoms with Crippen molar-refractivity contribution in [1.82, 2.24) is 5.32 Å². The van der Waals surface area contributed by atoms with Gasteiger partial charge in [0, 0.05) is 13.7 Å². The van der Waals surface area contributed by atoms with Gasteiger partial charge in [0.1, 0.15) is 0 Å². The van der Waals surface area contributed by atoms with Crippen LogP contribution in [0, 0.1) is 0 Å². The van der Waals surface area contributed by atoms with Crippen LogP contribution in [0.4, 0.5) is 0 Å². The summed E-state index contributed by atoms with van der Waals surface area (Å²) in [7, 11) is 1.67. The molecule has 17 heavy (non-hydrogen) atoms. The van der Waals surface area contributed by atoms with Crippen molar-refractivity contribution in [3.05, 3.63) is 35.4 Å². The normalized spacial score (nSPS) is 13.6. The molecule has 1 unspecified atom stereocenters. The molecule has 1 aromatic rings. The largest absolute Gasteiger partial charge is 0.409 e. The van der Waals surface area contributed by atoms with E-state index in [1.54, 1.807) is 7.11 Å². The minimum atomic E-state index is -0.171. The summed E-state index contributed by atoms with van der Waals surface area (Å²) in [6.07, 6.45) is 0. The Morgan fingerprint density at radius 2 is 2.12 bits per heavy atom. The topological polar surface area (TPSA) is 79.9 Å². The molecule has 0 saturated carbocycles. The van der Waals surface area contributed by atoms with E-state index in [-0.39, 0.29) is 11.9 Å². The van der Waals surface area contributed by atoms with Crippen molar-refractivity contribution < 1.29 is 9.94 Å². The van der Waals surface area contributed by atoms with Gasteiger partial charge in [0.15, 0.2) is 5.84 Å². The minimum absolute atomic E-state index is 0.171. The van der Waals surface area contributed by atoms with Gasteiger partial charge in [0.2, 0.25) is 0 Å². The van der Waals surface area contributed by atoms with Crippen LogP contribution < -0.4 is 11.1 Å². The quantitative estimate of drug-likeness (QED) is 0.299. The fourth-order valence-corrected chi connectivity index (χ4v) is 1.48. The van der Waals surface area contributed by atoms with Crippen molar-refractivity contribution >= 4 is 5.84 Å². The van der Waals surface area contributed by atoms with E-state index in [1.807, 2.05) is 31.2 Å². The number of nitrogens with two attached hydrogens (primary N) is 1. The van der Waals surface area contributed by atoms with Crippen LogP contribution in [0.5, 0.6) is 0 Å². The van der Waals surface area contributed by atoms with Crippen molar-refractivity contribution in [2.45, 2.75) is 26.1 Å². The lowest BCUT2D eigenvalue weighted by molar-refractivity contribution is 0.184. The lowest BCUT2D eigenvalue weighted by atomic mass is 10.1. The first-order valence-corrected chi connectivity index (χ1v) is 5.45. The number of nitrogens with zero attached hydrogens (tertiary/aromatic N) is 1. The van der Waals surface area contributed by atoms with Crippen molar-refractivity contribution in [3.8, 4) is 0 Å². The molecule has 0 spiro atoms. The van der Waals surface area contributed by atoms with Crippen LogP contribution in [0.15, 0.2) is 29.4 Å². The fraction of sp³-hybridized carbons (Fsp3) is 0.417. The summed E-state index contributed by atoms with van der Waals surface area (Å²) >= 11 is 0. The number of amidine groups is 1. The van der Waals surface area contributed by atoms with Crippen LogP contribution in [0.3, 0.4) is 0 Å². The van der Waals surface area contributed by atoms with E-state index in [0.29, 0.717) is 13.2 Å². The zero-order valence-corrected chi connectivity index (χ0v) is 10.2. The number of hydrogen-bond donors (Lipinski definition) is 3. The second-order valence-corrected chi connectivity index (χ2v) is 3.83. The second kappa shape index (κ2) is 6.88. The zero-order chi connectivity index (χ0) is 12.7. The standard InChI is InChI=1S/C12H19N3O2/c1-9(12(13)15-16)14-7-10-5-3-4-6-11(10)8-17-2/h3-6,9,14,16H,7-8H2,1-2H3,(H2,13,15). The smallest absolute Gasteiger partial charge is 0.156 e. The Kier molecular flexibility index (Phi) is 5.45. The maximum Gasteiger partial charge on any atom is 0.156 e. The highest BCUT2D eigenvalue weighted by Crippen LogP contribution is 2.09. The molecule has 0 aliphatic heterocycles. The van der Waals surface area contributed by atoms with Gasteiger partial charge in [0.25, 0.3) is 0 Å². The summed E-state index contributed by atoms with van der Waals surface area (Å²) < 4.78 is 5.13. The predicted octanol–water partition coefficient (Wildman–Crippen LogP) is 1.06. The summed E-state index contributed by atoms with van der Waals surface area (Å²) in [6.45, 7) is 3.07. The maximum absolute atomic E-state index is 8.54. The summed E-state index contributed by atoms with van der Waals surface area (Å²) in [5.74, 6) is 0.175. The van der Waals surface area contributed by atoms with Gasteiger partial charge in [-0.1, -0.05) is 29.4 Å². The Morgan fingerprint density at radius 3 is 2.71 bits per heavy atom. The van der Waals surface area contributed by atoms with Gasteiger partial charge in [-0.2, -0.15) is 0 Å². The van der Waals surface area contributed by atoms with E-state index < -0.39 is 0 Å². The third kappa shape index (κ3) is 4.05. The van der Waals surface area contributed by atoms with Gasteiger partial charge < -0.3 is 21.0 Å². The number of ether oxygens (including phenoxy) is 1. The van der Waals surface area contributed by atoms with Gasteiger partial charge >= 0.3 is 0 Å². The molecule has 0 fully saturated rings. The predicted molar refractivity (Wildman–Crippen MR) is 66.9 cm³/mol. The monoisotopic (exact) mass is 237 g/mol. The molecule has 0 heterocycles. The Morgan fingerprint density at radius 1 is 1.47 bits per heavy atom. The maximum atomic E-state index is 8.54. The molecule has 0 bridgehead atoms. The van der Waals surface area contributed by atoms with E-state index in [0.717, 1.165) is 11.1 Å². The van der Waals surface area contributed by atoms with Crippen molar-refractivity contribution in [2.75, 3.05) is 7.11 Å². The molecule has 4 N–H and O–H groups in total. The molecular formula is C12H19N3O2. The summed E-state index contributed by atoms with van der Waals surface area (Å²) in [6, 6.07) is 7.83. The van der Waals surface area contributed by atoms with Gasteiger partial charge in [-0.15, -0.1) is 0 Å². The Hall–Kier alpha value is -1.59. The third-order valence-electron chi connectivity index (χ3n) is 2.58. The first-order chi connectivity index (χ1) is 8.19. The van der Waals surface area contributed by atoms with E-state index in [1.165, 1.54) is 0 Å². The van der Waals surface area contributed by atoms with Crippen LogP contribution in [0.2, 0.25) is 0 Å². The average Bonchev–Trinajstić information content (AvgIpc) is 2.36. The van der Waals surface area contributed by atoms with E-state index in [2.05, 4.69) is 10.5 Å². The molecule has 5 nitrogen and oxygen atoms in total. The van der Waals surface area contributed by atoms with Crippen LogP contribution in [-0.2, 0) is 17.9 Å². The Bertz CT molecular complexity index is 380. The second-order valence-electron chi connectivity index (χ2n) is 3.83. The van der Waals surface area contributed by atoms with E-state index in [9.17, 15) is 0 Å². The molecule has 1 rings (SSSR count). The summed E-state index contributed by atoms with van der Waals surface area (Å²) in [5, 5.41) is 14.7. The SMILES string of the molecule is COCc1ccccc1CNC(C)/C(N)=N/O.